The Kier molecular flexibility index (Phi) is 10.8. The second kappa shape index (κ2) is 13.5. The highest BCUT2D eigenvalue weighted by Gasteiger charge is 2.17. The van der Waals surface area contributed by atoms with E-state index in [-0.39, 0.29) is 29.2 Å². The van der Waals surface area contributed by atoms with Crippen LogP contribution < -0.4 is 0 Å². The molecule has 0 radical (unpaired) electrons. The van der Waals surface area contributed by atoms with Crippen molar-refractivity contribution in [2.75, 3.05) is 0 Å². The molecule has 35 heavy (non-hydrogen) atoms. The first kappa shape index (κ1) is 27.9. The molecule has 0 N–H and O–H groups in total. The number of benzene rings is 2. The molecule has 186 valence electrons. The summed E-state index contributed by atoms with van der Waals surface area (Å²) in [5.74, 6) is 1.40. The quantitative estimate of drug-likeness (QED) is 0.286. The molecule has 3 aromatic rings. The van der Waals surface area contributed by atoms with E-state index < -0.39 is 0 Å². The van der Waals surface area contributed by atoms with Crippen molar-refractivity contribution in [1.29, 1.82) is 0 Å². The SMILES string of the molecule is CCC(=O)CCC(C)C(C)=O.CCc1cc(-c2cnoc2-c2ccccc2)ccc1C(=O)C(C)C. The summed E-state index contributed by atoms with van der Waals surface area (Å²) in [6.07, 6.45) is 4.40. The van der Waals surface area contributed by atoms with Gasteiger partial charge in [-0.3, -0.25) is 14.4 Å². The Morgan fingerprint density at radius 2 is 1.63 bits per heavy atom. The summed E-state index contributed by atoms with van der Waals surface area (Å²) in [5, 5.41) is 3.97. The molecule has 0 spiro atoms. The molecule has 5 heteroatoms. The van der Waals surface area contributed by atoms with Crippen molar-refractivity contribution < 1.29 is 18.9 Å². The van der Waals surface area contributed by atoms with Crippen LogP contribution in [-0.2, 0) is 16.0 Å². The number of rotatable bonds is 10. The predicted molar refractivity (Wildman–Crippen MR) is 140 cm³/mol. The molecule has 1 atom stereocenters. The van der Waals surface area contributed by atoms with Gasteiger partial charge in [0.15, 0.2) is 11.5 Å². The van der Waals surface area contributed by atoms with Gasteiger partial charge < -0.3 is 4.52 Å². The second-order valence-electron chi connectivity index (χ2n) is 9.12. The van der Waals surface area contributed by atoms with Crippen LogP contribution in [0.15, 0.2) is 59.3 Å². The van der Waals surface area contributed by atoms with Crippen LogP contribution in [0.1, 0.15) is 76.7 Å². The van der Waals surface area contributed by atoms with E-state index in [0.29, 0.717) is 19.3 Å². The van der Waals surface area contributed by atoms with Crippen molar-refractivity contribution in [3.05, 3.63) is 65.9 Å². The Balaban J connectivity index is 0.000000334. The van der Waals surface area contributed by atoms with Crippen LogP contribution in [0.25, 0.3) is 22.5 Å². The van der Waals surface area contributed by atoms with Crippen molar-refractivity contribution in [2.45, 2.75) is 67.2 Å². The number of carbonyl (C=O) groups excluding carboxylic acids is 3. The van der Waals surface area contributed by atoms with E-state index in [2.05, 4.69) is 18.1 Å². The monoisotopic (exact) mass is 475 g/mol. The maximum Gasteiger partial charge on any atom is 0.174 e. The summed E-state index contributed by atoms with van der Waals surface area (Å²) in [6.45, 7) is 11.2. The molecule has 0 aliphatic rings. The van der Waals surface area contributed by atoms with Crippen LogP contribution in [0.4, 0.5) is 0 Å². The van der Waals surface area contributed by atoms with E-state index in [1.54, 1.807) is 13.1 Å². The minimum Gasteiger partial charge on any atom is -0.356 e. The van der Waals surface area contributed by atoms with E-state index >= 15 is 0 Å². The highest BCUT2D eigenvalue weighted by atomic mass is 16.5. The lowest BCUT2D eigenvalue weighted by molar-refractivity contribution is -0.121. The highest BCUT2D eigenvalue weighted by molar-refractivity contribution is 5.99. The lowest BCUT2D eigenvalue weighted by Gasteiger charge is -2.11. The third kappa shape index (κ3) is 7.84. The minimum absolute atomic E-state index is 0.00313. The Morgan fingerprint density at radius 3 is 2.20 bits per heavy atom. The molecule has 0 bridgehead atoms. The zero-order valence-corrected chi connectivity index (χ0v) is 21.8. The van der Waals surface area contributed by atoms with Gasteiger partial charge in [-0.2, -0.15) is 0 Å². The Morgan fingerprint density at radius 1 is 0.943 bits per heavy atom. The number of nitrogens with zero attached hydrogens (tertiary/aromatic N) is 1. The topological polar surface area (TPSA) is 77.2 Å². The fraction of sp³-hybridized carbons (Fsp3) is 0.400. The molecule has 1 unspecified atom stereocenters. The van der Waals surface area contributed by atoms with Crippen molar-refractivity contribution in [3.63, 3.8) is 0 Å². The summed E-state index contributed by atoms with van der Waals surface area (Å²) in [7, 11) is 0. The fourth-order valence-corrected chi connectivity index (χ4v) is 3.61. The van der Waals surface area contributed by atoms with Crippen LogP contribution in [0.5, 0.6) is 0 Å². The normalized spacial score (nSPS) is 11.5. The first-order valence-electron chi connectivity index (χ1n) is 12.4. The van der Waals surface area contributed by atoms with Crippen molar-refractivity contribution in [1.82, 2.24) is 5.16 Å². The third-order valence-electron chi connectivity index (χ3n) is 6.14. The molecule has 3 rings (SSSR count). The van der Waals surface area contributed by atoms with Gasteiger partial charge in [-0.1, -0.05) is 88.3 Å². The van der Waals surface area contributed by atoms with E-state index in [1.165, 1.54) is 0 Å². The number of aromatic nitrogens is 1. The average Bonchev–Trinajstić information content (AvgIpc) is 3.37. The Hall–Kier alpha value is -3.34. The molecule has 1 heterocycles. The van der Waals surface area contributed by atoms with Gasteiger partial charge in [0, 0.05) is 41.4 Å². The molecule has 0 fully saturated rings. The summed E-state index contributed by atoms with van der Waals surface area (Å²) in [5.41, 5.74) is 4.83. The number of aryl methyl sites for hydroxylation is 1. The van der Waals surface area contributed by atoms with Gasteiger partial charge in [0.05, 0.1) is 6.20 Å². The number of carbonyl (C=O) groups is 3. The summed E-state index contributed by atoms with van der Waals surface area (Å²) < 4.78 is 5.48. The van der Waals surface area contributed by atoms with Gasteiger partial charge >= 0.3 is 0 Å². The molecule has 0 amide bonds. The Labute approximate surface area is 208 Å². The Bertz CT molecular complexity index is 1130. The molecular formula is C30H37NO4. The van der Waals surface area contributed by atoms with Crippen molar-refractivity contribution >= 4 is 17.3 Å². The molecule has 1 aromatic heterocycles. The van der Waals surface area contributed by atoms with Crippen LogP contribution in [0, 0.1) is 11.8 Å². The van der Waals surface area contributed by atoms with Crippen LogP contribution in [0.2, 0.25) is 0 Å². The van der Waals surface area contributed by atoms with Gasteiger partial charge in [-0.15, -0.1) is 0 Å². The van der Waals surface area contributed by atoms with Gasteiger partial charge in [0.2, 0.25) is 0 Å². The average molecular weight is 476 g/mol. The van der Waals surface area contributed by atoms with E-state index in [4.69, 9.17) is 4.52 Å². The summed E-state index contributed by atoms with van der Waals surface area (Å²) in [6, 6.07) is 15.9. The zero-order valence-electron chi connectivity index (χ0n) is 21.8. The van der Waals surface area contributed by atoms with Crippen molar-refractivity contribution in [3.8, 4) is 22.5 Å². The van der Waals surface area contributed by atoms with Crippen LogP contribution >= 0.6 is 0 Å². The molecule has 2 aromatic carbocycles. The minimum atomic E-state index is -0.00313. The van der Waals surface area contributed by atoms with E-state index in [9.17, 15) is 14.4 Å². The highest BCUT2D eigenvalue weighted by Crippen LogP contribution is 2.33. The smallest absolute Gasteiger partial charge is 0.174 e. The molecule has 0 aliphatic heterocycles. The first-order chi connectivity index (χ1) is 16.7. The van der Waals surface area contributed by atoms with Crippen molar-refractivity contribution in [2.24, 2.45) is 11.8 Å². The van der Waals surface area contributed by atoms with Gasteiger partial charge in [0.25, 0.3) is 0 Å². The molecule has 5 nitrogen and oxygen atoms in total. The zero-order chi connectivity index (χ0) is 26.0. The molecule has 0 saturated heterocycles. The standard InChI is InChI=1S/C21H21NO2.C9H16O2/c1-4-15-12-17(10-11-18(15)20(23)14(2)3)19-13-22-24-21(19)16-8-6-5-7-9-16;1-4-9(11)6-5-7(2)8(3)10/h5-14H,4H2,1-3H3;7H,4-6H2,1-3H3. The van der Waals surface area contributed by atoms with E-state index in [1.807, 2.05) is 70.2 Å². The fourth-order valence-electron chi connectivity index (χ4n) is 3.61. The number of ketones is 3. The van der Waals surface area contributed by atoms with Gasteiger partial charge in [-0.05, 0) is 30.9 Å². The molecule has 0 saturated carbocycles. The number of hydrogen-bond donors (Lipinski definition) is 0. The summed E-state index contributed by atoms with van der Waals surface area (Å²) >= 11 is 0. The predicted octanol–water partition coefficient (Wildman–Crippen LogP) is 7.38. The maximum atomic E-state index is 12.4. The second-order valence-corrected chi connectivity index (χ2v) is 9.12. The van der Waals surface area contributed by atoms with Crippen LogP contribution in [0.3, 0.4) is 0 Å². The largest absolute Gasteiger partial charge is 0.356 e. The molecule has 0 aliphatic carbocycles. The maximum absolute atomic E-state index is 12.4. The third-order valence-corrected chi connectivity index (χ3v) is 6.14. The molecular weight excluding hydrogens is 438 g/mol. The van der Waals surface area contributed by atoms with E-state index in [0.717, 1.165) is 40.0 Å². The lowest BCUT2D eigenvalue weighted by atomic mass is 9.91. The lowest BCUT2D eigenvalue weighted by Crippen LogP contribution is -2.10. The van der Waals surface area contributed by atoms with Crippen LogP contribution in [-0.4, -0.2) is 22.5 Å². The van der Waals surface area contributed by atoms with Gasteiger partial charge in [0.1, 0.15) is 11.6 Å². The summed E-state index contributed by atoms with van der Waals surface area (Å²) in [4.78, 5) is 33.9. The van der Waals surface area contributed by atoms with Gasteiger partial charge in [-0.25, -0.2) is 0 Å². The number of Topliss-reactive ketones (excluding diaryl/α,β-unsaturated/α-hetero) is 3. The first-order valence-corrected chi connectivity index (χ1v) is 12.4. The number of hydrogen-bond acceptors (Lipinski definition) is 5.